The van der Waals surface area contributed by atoms with Crippen LogP contribution < -0.4 is 11.4 Å². The lowest BCUT2D eigenvalue weighted by Gasteiger charge is -2.38. The molecular formula is C50H49F2N11O6. The molecule has 1 N–H and O–H groups in total. The lowest BCUT2D eigenvalue weighted by Crippen LogP contribution is -2.47. The van der Waals surface area contributed by atoms with Crippen molar-refractivity contribution in [3.05, 3.63) is 139 Å². The summed E-state index contributed by atoms with van der Waals surface area (Å²) in [5.74, 6) is -1.41. The van der Waals surface area contributed by atoms with Gasteiger partial charge >= 0.3 is 11.4 Å². The number of H-pyrrole nitrogens is 1. The van der Waals surface area contributed by atoms with Crippen LogP contribution in [0.3, 0.4) is 0 Å². The fraction of sp³-hybridized carbons (Fsp3) is 0.380. The number of ether oxygens (including phenoxy) is 1. The van der Waals surface area contributed by atoms with Crippen LogP contribution >= 0.6 is 0 Å². The van der Waals surface area contributed by atoms with E-state index in [1.165, 1.54) is 33.8 Å². The Balaban J connectivity index is 1.05. The van der Waals surface area contributed by atoms with Crippen molar-refractivity contribution in [2.45, 2.75) is 89.4 Å². The van der Waals surface area contributed by atoms with E-state index in [2.05, 4.69) is 41.2 Å². The summed E-state index contributed by atoms with van der Waals surface area (Å²) in [4.78, 5) is 62.3. The maximum absolute atomic E-state index is 16.3. The van der Waals surface area contributed by atoms with Gasteiger partial charge in [-0.25, -0.2) is 23.1 Å². The molecule has 1 aliphatic carbocycles. The van der Waals surface area contributed by atoms with Gasteiger partial charge in [-0.1, -0.05) is 18.1 Å². The number of rotatable bonds is 8. The maximum atomic E-state index is 16.3. The Kier molecular flexibility index (Phi) is 9.05. The summed E-state index contributed by atoms with van der Waals surface area (Å²) in [5, 5.41) is 14.6. The van der Waals surface area contributed by atoms with E-state index >= 15 is 13.6 Å². The molecule has 8 aromatic rings. The Labute approximate surface area is 392 Å². The summed E-state index contributed by atoms with van der Waals surface area (Å²) in [6.07, 6.45) is 7.34. The van der Waals surface area contributed by atoms with Gasteiger partial charge < -0.3 is 19.1 Å². The van der Waals surface area contributed by atoms with Crippen molar-refractivity contribution in [1.29, 1.82) is 0 Å². The molecule has 2 amide bonds. The number of aryl methyl sites for hydroxylation is 3. The highest BCUT2D eigenvalue weighted by Gasteiger charge is 2.63. The highest BCUT2D eigenvalue weighted by atomic mass is 19.1. The second-order valence-corrected chi connectivity index (χ2v) is 20.1. The number of halogens is 2. The summed E-state index contributed by atoms with van der Waals surface area (Å²) < 4.78 is 50.4. The average Bonchev–Trinajstić information content (AvgIpc) is 3.68. The fourth-order valence-electron chi connectivity index (χ4n) is 11.6. The van der Waals surface area contributed by atoms with E-state index in [0.29, 0.717) is 58.1 Å². The van der Waals surface area contributed by atoms with E-state index in [1.807, 2.05) is 30.5 Å². The van der Waals surface area contributed by atoms with Crippen molar-refractivity contribution < 1.29 is 27.6 Å². The number of carbonyl (C=O) groups is 2. The van der Waals surface area contributed by atoms with Crippen LogP contribution in [0.25, 0.3) is 39.0 Å². The first-order valence-corrected chi connectivity index (χ1v) is 23.2. The van der Waals surface area contributed by atoms with Crippen LogP contribution in [0.2, 0.25) is 0 Å². The molecule has 3 fully saturated rings. The number of nitrogens with one attached hydrogen (secondary N) is 1. The van der Waals surface area contributed by atoms with E-state index in [-0.39, 0.29) is 53.3 Å². The van der Waals surface area contributed by atoms with Crippen molar-refractivity contribution in [2.24, 2.45) is 13.0 Å². The molecule has 1 spiro atoms. The minimum atomic E-state index is -1.10. The first kappa shape index (κ1) is 42.9. The predicted molar refractivity (Wildman–Crippen MR) is 248 cm³/mol. The SMILES string of the molecule is Cc1cc(-n2nc3c(c2-n2ccn(-c4ccc5c(cnn5C)c4F)c2=O)[C@H](C)N(C(=O)c2cc4cc([C@H]5CCOC(C)(C)C5)ccc4n2[C@@]2(c4noc(=O)[nH]4)C[C@@H]2C)CC32CN2C=O)cc(C)c1F. The zero-order chi connectivity index (χ0) is 48.2. The second-order valence-electron chi connectivity index (χ2n) is 20.1. The van der Waals surface area contributed by atoms with Crippen LogP contribution in [-0.4, -0.2) is 90.8 Å². The first-order valence-electron chi connectivity index (χ1n) is 23.2. The Morgan fingerprint density at radius 3 is 2.36 bits per heavy atom. The molecule has 0 radical (unpaired) electrons. The van der Waals surface area contributed by atoms with Crippen LogP contribution in [0.1, 0.15) is 103 Å². The normalized spacial score (nSPS) is 23.9. The van der Waals surface area contributed by atoms with Gasteiger partial charge in [-0.3, -0.25) is 32.9 Å². The van der Waals surface area contributed by atoms with Crippen molar-refractivity contribution in [2.75, 3.05) is 19.7 Å². The van der Waals surface area contributed by atoms with Gasteiger partial charge in [0.2, 0.25) is 6.41 Å². The minimum Gasteiger partial charge on any atom is -0.376 e. The minimum absolute atomic E-state index is 0.00323. The lowest BCUT2D eigenvalue weighted by molar-refractivity contribution is -0.114. The number of carbonyl (C=O) groups excluding carboxylic acids is 2. The highest BCUT2D eigenvalue weighted by Crippen LogP contribution is 2.57. The van der Waals surface area contributed by atoms with E-state index in [0.717, 1.165) is 35.7 Å². The summed E-state index contributed by atoms with van der Waals surface area (Å²) in [6, 6.07) is 13.8. The smallest absolute Gasteiger partial charge is 0.376 e. The molecule has 3 aromatic carbocycles. The number of fused-ring (bicyclic) bond motifs is 4. The summed E-state index contributed by atoms with van der Waals surface area (Å²) in [5.41, 5.74) is 1.86. The van der Waals surface area contributed by atoms with Gasteiger partial charge in [-0.2, -0.15) is 10.2 Å². The molecule has 5 aromatic heterocycles. The molecule has 17 nitrogen and oxygen atoms in total. The van der Waals surface area contributed by atoms with Gasteiger partial charge in [0.1, 0.15) is 28.4 Å². The van der Waals surface area contributed by atoms with Crippen LogP contribution in [0.15, 0.2) is 81.2 Å². The van der Waals surface area contributed by atoms with E-state index in [9.17, 15) is 14.4 Å². The molecule has 0 bridgehead atoms. The molecule has 5 atom stereocenters. The number of imidazole rings is 1. The molecule has 2 saturated heterocycles. The standard InChI is InChI=1S/C50H49F2N11O6/c1-26-16-33(17-27(2)40(26)51)63-43(60-14-13-59(47(60)67)37-11-10-36-34(41(37)52)22-53-57(36)7)39-29(4)61(24-49(42(39)55-63)23-58(49)25-64)44(65)38-19-32-18-30(31-12-15-68-48(5,6)21-31)8-9-35(32)62(38)50(20-28(50)3)45-54-46(66)69-56-45/h8-11,13-14,16-19,22,25,28-29,31H,12,15,20-21,23-24H2,1-7H3,(H,54,56,66)/t28-,29-,31-,49?,50-,58?/m0/s1. The van der Waals surface area contributed by atoms with Gasteiger partial charge in [-0.15, -0.1) is 0 Å². The largest absolute Gasteiger partial charge is 0.438 e. The maximum Gasteiger partial charge on any atom is 0.438 e. The Hall–Kier alpha value is -7.41. The van der Waals surface area contributed by atoms with Crippen molar-refractivity contribution >= 4 is 34.1 Å². The number of hydrogen-bond acceptors (Lipinski definition) is 9. The van der Waals surface area contributed by atoms with Gasteiger partial charge in [0.15, 0.2) is 11.6 Å². The molecule has 3 aliphatic heterocycles. The second kappa shape index (κ2) is 14.6. The zero-order valence-electron chi connectivity index (χ0n) is 39.1. The zero-order valence-corrected chi connectivity index (χ0v) is 39.1. The third-order valence-corrected chi connectivity index (χ3v) is 15.4. The molecule has 19 heteroatoms. The molecule has 1 saturated carbocycles. The molecule has 354 valence electrons. The van der Waals surface area contributed by atoms with Gasteiger partial charge in [0.25, 0.3) is 5.91 Å². The third kappa shape index (κ3) is 6.10. The highest BCUT2D eigenvalue weighted by molar-refractivity contribution is 6.00. The van der Waals surface area contributed by atoms with Gasteiger partial charge in [0, 0.05) is 42.5 Å². The number of aromatic amines is 1. The van der Waals surface area contributed by atoms with Crippen LogP contribution in [-0.2, 0) is 27.7 Å². The number of aromatic nitrogens is 9. The number of nitrogens with zero attached hydrogens (tertiary/aromatic N) is 10. The number of hydrogen-bond donors (Lipinski definition) is 1. The number of benzene rings is 3. The van der Waals surface area contributed by atoms with Gasteiger partial charge in [-0.05, 0) is 125 Å². The third-order valence-electron chi connectivity index (χ3n) is 15.4. The van der Waals surface area contributed by atoms with Crippen molar-refractivity contribution in [3.63, 3.8) is 0 Å². The Bertz CT molecular complexity index is 3600. The monoisotopic (exact) mass is 937 g/mol. The fourth-order valence-corrected chi connectivity index (χ4v) is 11.6. The van der Waals surface area contributed by atoms with Gasteiger partial charge in [0.05, 0.1) is 58.9 Å². The summed E-state index contributed by atoms with van der Waals surface area (Å²) in [6.45, 7) is 12.3. The first-order chi connectivity index (χ1) is 33.0. The van der Waals surface area contributed by atoms with Crippen molar-refractivity contribution in [3.8, 4) is 17.2 Å². The van der Waals surface area contributed by atoms with Crippen LogP contribution in [0, 0.1) is 31.4 Å². The predicted octanol–water partition coefficient (Wildman–Crippen LogP) is 6.57. The van der Waals surface area contributed by atoms with E-state index < -0.39 is 40.2 Å². The van der Waals surface area contributed by atoms with E-state index in [4.69, 9.17) is 14.4 Å². The molecule has 69 heavy (non-hydrogen) atoms. The Morgan fingerprint density at radius 2 is 1.68 bits per heavy atom. The number of amides is 2. The Morgan fingerprint density at radius 1 is 0.942 bits per heavy atom. The molecule has 4 aliphatic rings. The summed E-state index contributed by atoms with van der Waals surface area (Å²) >= 11 is 0. The molecule has 12 rings (SSSR count). The van der Waals surface area contributed by atoms with E-state index in [1.54, 1.807) is 58.3 Å². The average molecular weight is 938 g/mol. The summed E-state index contributed by atoms with van der Waals surface area (Å²) in [7, 11) is 1.70. The molecular weight excluding hydrogens is 889 g/mol. The van der Waals surface area contributed by atoms with Crippen LogP contribution in [0.4, 0.5) is 8.78 Å². The molecule has 8 heterocycles. The molecule has 1 unspecified atom stereocenters. The topological polar surface area (TPSA) is 176 Å². The van der Waals surface area contributed by atoms with Crippen LogP contribution in [0.5, 0.6) is 0 Å². The quantitative estimate of drug-likeness (QED) is 0.131. The lowest BCUT2D eigenvalue weighted by atomic mass is 9.83. The van der Waals surface area contributed by atoms with Crippen molar-refractivity contribution in [1.82, 2.24) is 53.2 Å².